The van der Waals surface area contributed by atoms with Gasteiger partial charge in [0.15, 0.2) is 0 Å². The van der Waals surface area contributed by atoms with Crippen molar-refractivity contribution in [3.63, 3.8) is 0 Å². The van der Waals surface area contributed by atoms with E-state index in [-0.39, 0.29) is 17.7 Å². The molecule has 1 aromatic carbocycles. The van der Waals surface area contributed by atoms with E-state index in [1.54, 1.807) is 6.07 Å². The Hall–Kier alpha value is -1.60. The van der Waals surface area contributed by atoms with E-state index in [0.717, 1.165) is 24.9 Å². The summed E-state index contributed by atoms with van der Waals surface area (Å²) in [6.45, 7) is 3.36. The summed E-state index contributed by atoms with van der Waals surface area (Å²) in [6.07, 6.45) is 3.23. The fourth-order valence-corrected chi connectivity index (χ4v) is 4.85. The van der Waals surface area contributed by atoms with Crippen molar-refractivity contribution in [1.82, 2.24) is 5.32 Å². The number of rotatable bonds is 4. The van der Waals surface area contributed by atoms with Crippen LogP contribution in [-0.2, 0) is 14.8 Å². The first kappa shape index (κ1) is 16.3. The van der Waals surface area contributed by atoms with Crippen molar-refractivity contribution < 1.29 is 13.2 Å². The zero-order chi connectivity index (χ0) is 16.4. The second-order valence-corrected chi connectivity index (χ2v) is 8.30. The summed E-state index contributed by atoms with van der Waals surface area (Å²) in [6, 6.07) is 5.69. The number of benzene rings is 1. The predicted octanol–water partition coefficient (Wildman–Crippen LogP) is 1.62. The van der Waals surface area contributed by atoms with Gasteiger partial charge in [0.2, 0.25) is 15.9 Å². The molecule has 0 spiro atoms. The Morgan fingerprint density at radius 1 is 1.39 bits per heavy atom. The number of anilines is 2. The van der Waals surface area contributed by atoms with Crippen molar-refractivity contribution >= 4 is 27.3 Å². The molecule has 23 heavy (non-hydrogen) atoms. The molecule has 0 aromatic heterocycles. The Morgan fingerprint density at radius 2 is 2.22 bits per heavy atom. The largest absolute Gasteiger partial charge is 0.326 e. The fourth-order valence-electron chi connectivity index (χ4n) is 3.23. The molecule has 0 saturated carbocycles. The number of sulfonamides is 1. The zero-order valence-electron chi connectivity index (χ0n) is 13.3. The Balaban J connectivity index is 1.73. The lowest BCUT2D eigenvalue weighted by molar-refractivity contribution is -0.116. The first-order valence-electron chi connectivity index (χ1n) is 8.10. The maximum Gasteiger partial charge on any atom is 0.235 e. The average molecular weight is 337 g/mol. The molecule has 1 amide bonds. The van der Waals surface area contributed by atoms with Crippen LogP contribution in [0.15, 0.2) is 18.2 Å². The second kappa shape index (κ2) is 6.49. The van der Waals surface area contributed by atoms with Gasteiger partial charge in [0.25, 0.3) is 0 Å². The van der Waals surface area contributed by atoms with Crippen LogP contribution in [0.4, 0.5) is 11.4 Å². The van der Waals surface area contributed by atoms with Crippen molar-refractivity contribution in [3.8, 4) is 0 Å². The molecule has 126 valence electrons. The predicted molar refractivity (Wildman–Crippen MR) is 91.2 cm³/mol. The highest BCUT2D eigenvalue weighted by atomic mass is 32.2. The highest BCUT2D eigenvalue weighted by Gasteiger charge is 2.29. The molecule has 0 radical (unpaired) electrons. The van der Waals surface area contributed by atoms with Crippen LogP contribution >= 0.6 is 0 Å². The second-order valence-electron chi connectivity index (χ2n) is 6.29. The van der Waals surface area contributed by atoms with E-state index in [0.29, 0.717) is 30.8 Å². The highest BCUT2D eigenvalue weighted by molar-refractivity contribution is 7.93. The van der Waals surface area contributed by atoms with Gasteiger partial charge >= 0.3 is 0 Å². The summed E-state index contributed by atoms with van der Waals surface area (Å²) >= 11 is 0. The van der Waals surface area contributed by atoms with Gasteiger partial charge in [-0.05, 0) is 50.4 Å². The molecule has 1 aromatic rings. The molecule has 3 rings (SSSR count). The average Bonchev–Trinajstić information content (AvgIpc) is 3.10. The zero-order valence-corrected chi connectivity index (χ0v) is 14.2. The lowest BCUT2D eigenvalue weighted by Gasteiger charge is -2.20. The van der Waals surface area contributed by atoms with E-state index in [1.165, 1.54) is 4.31 Å². The number of carbonyl (C=O) groups is 1. The number of nitrogens with zero attached hydrogens (tertiary/aromatic N) is 1. The smallest absolute Gasteiger partial charge is 0.235 e. The Labute approximate surface area is 137 Å². The standard InChI is InChI=1S/C16H23N3O3S/c1-12-5-6-14(18-16(20)11-13-4-2-7-17-13)10-15(12)19-8-3-9-23(19,21)22/h5-6,10,13,17H,2-4,7-9,11H2,1H3,(H,18,20). The molecule has 2 heterocycles. The molecule has 1 unspecified atom stereocenters. The minimum absolute atomic E-state index is 0.0384. The van der Waals surface area contributed by atoms with E-state index >= 15 is 0 Å². The first-order valence-corrected chi connectivity index (χ1v) is 9.71. The summed E-state index contributed by atoms with van der Waals surface area (Å²) in [5.41, 5.74) is 2.21. The van der Waals surface area contributed by atoms with E-state index in [2.05, 4.69) is 10.6 Å². The molecule has 2 fully saturated rings. The van der Waals surface area contributed by atoms with Crippen molar-refractivity contribution in [2.24, 2.45) is 0 Å². The molecule has 1 atom stereocenters. The van der Waals surface area contributed by atoms with Gasteiger partial charge in [0.1, 0.15) is 0 Å². The third kappa shape index (κ3) is 3.67. The topological polar surface area (TPSA) is 78.5 Å². The van der Waals surface area contributed by atoms with Crippen LogP contribution in [0.25, 0.3) is 0 Å². The first-order chi connectivity index (χ1) is 11.0. The van der Waals surface area contributed by atoms with Crippen LogP contribution in [0, 0.1) is 6.92 Å². The SMILES string of the molecule is Cc1ccc(NC(=O)CC2CCCN2)cc1N1CCCS1(=O)=O. The number of amides is 1. The van der Waals surface area contributed by atoms with Gasteiger partial charge in [-0.25, -0.2) is 8.42 Å². The van der Waals surface area contributed by atoms with Crippen LogP contribution in [-0.4, -0.2) is 39.2 Å². The van der Waals surface area contributed by atoms with Gasteiger partial charge in [-0.2, -0.15) is 0 Å². The third-order valence-electron chi connectivity index (χ3n) is 4.46. The molecular formula is C16H23N3O3S. The van der Waals surface area contributed by atoms with Crippen molar-refractivity contribution in [2.45, 2.75) is 38.6 Å². The maximum atomic E-state index is 12.1. The molecule has 2 aliphatic heterocycles. The molecule has 2 N–H and O–H groups in total. The Morgan fingerprint density at radius 3 is 2.87 bits per heavy atom. The Bertz CT molecular complexity index is 697. The number of carbonyl (C=O) groups excluding carboxylic acids is 1. The molecule has 6 nitrogen and oxygen atoms in total. The monoisotopic (exact) mass is 337 g/mol. The van der Waals surface area contributed by atoms with Gasteiger partial charge in [-0.15, -0.1) is 0 Å². The summed E-state index contributed by atoms with van der Waals surface area (Å²) in [5, 5.41) is 6.19. The summed E-state index contributed by atoms with van der Waals surface area (Å²) in [4.78, 5) is 12.1. The van der Waals surface area contributed by atoms with Gasteiger partial charge < -0.3 is 10.6 Å². The van der Waals surface area contributed by atoms with Crippen molar-refractivity contribution in [1.29, 1.82) is 0 Å². The molecule has 0 aliphatic carbocycles. The summed E-state index contributed by atoms with van der Waals surface area (Å²) in [5.74, 6) is 0.152. The van der Waals surface area contributed by atoms with Crippen LogP contribution in [0.1, 0.15) is 31.2 Å². The summed E-state index contributed by atoms with van der Waals surface area (Å²) in [7, 11) is -3.22. The van der Waals surface area contributed by atoms with Gasteiger partial charge in [-0.1, -0.05) is 6.07 Å². The van der Waals surface area contributed by atoms with Crippen LogP contribution in [0.3, 0.4) is 0 Å². The normalized spacial score (nSPS) is 23.2. The quantitative estimate of drug-likeness (QED) is 0.875. The minimum Gasteiger partial charge on any atom is -0.326 e. The maximum absolute atomic E-state index is 12.1. The van der Waals surface area contributed by atoms with Crippen molar-refractivity contribution in [3.05, 3.63) is 23.8 Å². The van der Waals surface area contributed by atoms with Crippen LogP contribution in [0.5, 0.6) is 0 Å². The Kier molecular flexibility index (Phi) is 4.59. The van der Waals surface area contributed by atoms with Crippen molar-refractivity contribution in [2.75, 3.05) is 28.5 Å². The number of nitrogens with one attached hydrogen (secondary N) is 2. The molecule has 0 bridgehead atoms. The number of aryl methyl sites for hydroxylation is 1. The third-order valence-corrected chi connectivity index (χ3v) is 6.31. The number of hydrogen-bond acceptors (Lipinski definition) is 4. The van der Waals surface area contributed by atoms with Crippen LogP contribution in [0.2, 0.25) is 0 Å². The molecule has 2 saturated heterocycles. The molecule has 7 heteroatoms. The van der Waals surface area contributed by atoms with E-state index < -0.39 is 10.0 Å². The van der Waals surface area contributed by atoms with Gasteiger partial charge in [-0.3, -0.25) is 9.10 Å². The fraction of sp³-hybridized carbons (Fsp3) is 0.562. The lowest BCUT2D eigenvalue weighted by Crippen LogP contribution is -2.28. The lowest BCUT2D eigenvalue weighted by atomic mass is 10.1. The molecular weight excluding hydrogens is 314 g/mol. The highest BCUT2D eigenvalue weighted by Crippen LogP contribution is 2.30. The van der Waals surface area contributed by atoms with Gasteiger partial charge in [0, 0.05) is 24.7 Å². The van der Waals surface area contributed by atoms with E-state index in [1.807, 2.05) is 19.1 Å². The minimum atomic E-state index is -3.22. The van der Waals surface area contributed by atoms with Crippen LogP contribution < -0.4 is 14.9 Å². The van der Waals surface area contributed by atoms with E-state index in [4.69, 9.17) is 0 Å². The molecule has 2 aliphatic rings. The number of hydrogen-bond donors (Lipinski definition) is 2. The van der Waals surface area contributed by atoms with E-state index in [9.17, 15) is 13.2 Å². The summed E-state index contributed by atoms with van der Waals surface area (Å²) < 4.78 is 25.7. The van der Waals surface area contributed by atoms with Gasteiger partial charge in [0.05, 0.1) is 11.4 Å².